The molecule has 1 saturated heterocycles. The van der Waals surface area contributed by atoms with Crippen LogP contribution in [0.1, 0.15) is 34.3 Å². The van der Waals surface area contributed by atoms with Crippen LogP contribution in [0.15, 0.2) is 60.7 Å². The normalized spacial score (nSPS) is 14.7. The fraction of sp³-hybridized carbons (Fsp3) is 0.367. The highest BCUT2D eigenvalue weighted by Gasteiger charge is 2.26. The molecule has 1 fully saturated rings. The van der Waals surface area contributed by atoms with Crippen molar-refractivity contribution in [1.82, 2.24) is 4.90 Å². The minimum absolute atomic E-state index is 0.0267. The van der Waals surface area contributed by atoms with Crippen LogP contribution in [0.25, 0.3) is 0 Å². The van der Waals surface area contributed by atoms with Gasteiger partial charge in [0.25, 0.3) is 5.91 Å². The standard InChI is InChI=1S/C30H34FNO6/c1-34-27-17-23(18-28(35-2)29(27)36-3)30(33)32(20-25-11-7-14-37-25)19-21-8-6-10-24(16-21)38-15-13-22-9-4-5-12-26(22)31/h4-6,8-10,12,16-18,25H,7,11,13-15,19-20H2,1-3H3. The minimum Gasteiger partial charge on any atom is -0.493 e. The highest BCUT2D eigenvalue weighted by atomic mass is 19.1. The highest BCUT2D eigenvalue weighted by Crippen LogP contribution is 2.38. The van der Waals surface area contributed by atoms with Crippen LogP contribution < -0.4 is 18.9 Å². The van der Waals surface area contributed by atoms with Gasteiger partial charge in [0, 0.05) is 31.7 Å². The summed E-state index contributed by atoms with van der Waals surface area (Å²) < 4.78 is 42.0. The van der Waals surface area contributed by atoms with Crippen molar-refractivity contribution in [2.75, 3.05) is 41.1 Å². The van der Waals surface area contributed by atoms with E-state index in [0.717, 1.165) is 18.4 Å². The van der Waals surface area contributed by atoms with Crippen molar-refractivity contribution in [3.63, 3.8) is 0 Å². The first-order chi connectivity index (χ1) is 18.5. The second-order valence-electron chi connectivity index (χ2n) is 9.07. The van der Waals surface area contributed by atoms with E-state index in [1.165, 1.54) is 27.4 Å². The number of rotatable bonds is 12. The average Bonchev–Trinajstić information content (AvgIpc) is 3.46. The summed E-state index contributed by atoms with van der Waals surface area (Å²) >= 11 is 0. The lowest BCUT2D eigenvalue weighted by molar-refractivity contribution is 0.0506. The molecule has 1 unspecified atom stereocenters. The first-order valence-electron chi connectivity index (χ1n) is 12.7. The third-order valence-electron chi connectivity index (χ3n) is 6.52. The van der Waals surface area contributed by atoms with Crippen LogP contribution in [-0.2, 0) is 17.7 Å². The summed E-state index contributed by atoms with van der Waals surface area (Å²) in [5, 5.41) is 0. The fourth-order valence-electron chi connectivity index (χ4n) is 4.57. The predicted molar refractivity (Wildman–Crippen MR) is 142 cm³/mol. The van der Waals surface area contributed by atoms with Crippen molar-refractivity contribution in [3.8, 4) is 23.0 Å². The number of carbonyl (C=O) groups excluding carboxylic acids is 1. The van der Waals surface area contributed by atoms with Gasteiger partial charge in [-0.05, 0) is 54.3 Å². The molecule has 7 nitrogen and oxygen atoms in total. The molecule has 8 heteroatoms. The van der Waals surface area contributed by atoms with Gasteiger partial charge >= 0.3 is 0 Å². The van der Waals surface area contributed by atoms with E-state index in [2.05, 4.69) is 0 Å². The van der Waals surface area contributed by atoms with Crippen LogP contribution in [0, 0.1) is 5.82 Å². The lowest BCUT2D eigenvalue weighted by Crippen LogP contribution is -2.37. The Bertz CT molecular complexity index is 1200. The van der Waals surface area contributed by atoms with Crippen molar-refractivity contribution in [2.45, 2.75) is 31.9 Å². The van der Waals surface area contributed by atoms with Gasteiger partial charge in [-0.15, -0.1) is 0 Å². The van der Waals surface area contributed by atoms with Gasteiger partial charge in [0.05, 0.1) is 34.0 Å². The molecule has 0 spiro atoms. The quantitative estimate of drug-likeness (QED) is 0.321. The molecule has 0 N–H and O–H groups in total. The van der Waals surface area contributed by atoms with Gasteiger partial charge in [0.2, 0.25) is 5.75 Å². The second kappa shape index (κ2) is 13.1. The predicted octanol–water partition coefficient (Wildman–Crippen LogP) is 5.29. The minimum atomic E-state index is -0.236. The van der Waals surface area contributed by atoms with E-state index in [0.29, 0.717) is 66.8 Å². The van der Waals surface area contributed by atoms with Gasteiger partial charge in [-0.1, -0.05) is 30.3 Å². The number of hydrogen-bond acceptors (Lipinski definition) is 6. The molecule has 202 valence electrons. The monoisotopic (exact) mass is 523 g/mol. The van der Waals surface area contributed by atoms with Gasteiger partial charge in [0.1, 0.15) is 11.6 Å². The molecular formula is C30H34FNO6. The number of methoxy groups -OCH3 is 3. The zero-order valence-electron chi connectivity index (χ0n) is 22.1. The SMILES string of the molecule is COc1cc(C(=O)N(Cc2cccc(OCCc3ccccc3F)c2)CC2CCCO2)cc(OC)c1OC. The number of benzene rings is 3. The van der Waals surface area contributed by atoms with Crippen LogP contribution in [0.3, 0.4) is 0 Å². The third-order valence-corrected chi connectivity index (χ3v) is 6.52. The highest BCUT2D eigenvalue weighted by molar-refractivity contribution is 5.95. The Balaban J connectivity index is 1.51. The lowest BCUT2D eigenvalue weighted by Gasteiger charge is -2.26. The van der Waals surface area contributed by atoms with E-state index in [9.17, 15) is 9.18 Å². The maximum Gasteiger partial charge on any atom is 0.254 e. The smallest absolute Gasteiger partial charge is 0.254 e. The molecule has 0 bridgehead atoms. The molecule has 1 aliphatic rings. The van der Waals surface area contributed by atoms with Crippen molar-refractivity contribution >= 4 is 5.91 Å². The molecule has 1 heterocycles. The van der Waals surface area contributed by atoms with Gasteiger partial charge in [-0.25, -0.2) is 4.39 Å². The molecule has 4 rings (SSSR count). The zero-order chi connectivity index (χ0) is 26.9. The maximum atomic E-state index is 13.9. The topological polar surface area (TPSA) is 66.5 Å². The van der Waals surface area contributed by atoms with E-state index < -0.39 is 0 Å². The van der Waals surface area contributed by atoms with Gasteiger partial charge in [-0.2, -0.15) is 0 Å². The van der Waals surface area contributed by atoms with Crippen LogP contribution in [0.4, 0.5) is 4.39 Å². The summed E-state index contributed by atoms with van der Waals surface area (Å²) in [7, 11) is 4.57. The zero-order valence-corrected chi connectivity index (χ0v) is 22.1. The number of amides is 1. The Morgan fingerprint density at radius 1 is 1.00 bits per heavy atom. The number of ether oxygens (including phenoxy) is 5. The van der Waals surface area contributed by atoms with Gasteiger partial charge in [-0.3, -0.25) is 4.79 Å². The van der Waals surface area contributed by atoms with Crippen LogP contribution in [-0.4, -0.2) is 58.0 Å². The number of carbonyl (C=O) groups is 1. The summed E-state index contributed by atoms with van der Waals surface area (Å²) in [6.45, 7) is 1.85. The van der Waals surface area contributed by atoms with Crippen LogP contribution in [0.5, 0.6) is 23.0 Å². The second-order valence-corrected chi connectivity index (χ2v) is 9.07. The molecular weight excluding hydrogens is 489 g/mol. The summed E-state index contributed by atoms with van der Waals surface area (Å²) in [6, 6.07) is 17.6. The molecule has 1 aliphatic heterocycles. The van der Waals surface area contributed by atoms with E-state index in [1.807, 2.05) is 30.3 Å². The first kappa shape index (κ1) is 27.3. The van der Waals surface area contributed by atoms with Crippen LogP contribution in [0.2, 0.25) is 0 Å². The first-order valence-corrected chi connectivity index (χ1v) is 12.7. The van der Waals surface area contributed by atoms with Crippen LogP contribution >= 0.6 is 0 Å². The molecule has 0 saturated carbocycles. The van der Waals surface area contributed by atoms with Crippen molar-refractivity contribution in [1.29, 1.82) is 0 Å². The summed E-state index contributed by atoms with van der Waals surface area (Å²) in [5.74, 6) is 1.51. The lowest BCUT2D eigenvalue weighted by atomic mass is 10.1. The average molecular weight is 524 g/mol. The Labute approximate surface area is 223 Å². The summed E-state index contributed by atoms with van der Waals surface area (Å²) in [5.41, 5.74) is 1.95. The molecule has 0 aromatic heterocycles. The van der Waals surface area contributed by atoms with Gasteiger partial charge < -0.3 is 28.6 Å². The van der Waals surface area contributed by atoms with E-state index in [-0.39, 0.29) is 17.8 Å². The van der Waals surface area contributed by atoms with E-state index >= 15 is 0 Å². The number of hydrogen-bond donors (Lipinski definition) is 0. The van der Waals surface area contributed by atoms with Crippen molar-refractivity contribution in [3.05, 3.63) is 83.2 Å². The largest absolute Gasteiger partial charge is 0.493 e. The maximum absolute atomic E-state index is 13.9. The van der Waals surface area contributed by atoms with Crippen molar-refractivity contribution in [2.24, 2.45) is 0 Å². The number of halogens is 1. The third kappa shape index (κ3) is 6.75. The van der Waals surface area contributed by atoms with E-state index in [1.54, 1.807) is 29.2 Å². The number of nitrogens with zero attached hydrogens (tertiary/aromatic N) is 1. The molecule has 1 atom stereocenters. The molecule has 3 aromatic rings. The summed E-state index contributed by atoms with van der Waals surface area (Å²) in [6.07, 6.45) is 2.31. The molecule has 1 amide bonds. The van der Waals surface area contributed by atoms with Gasteiger partial charge in [0.15, 0.2) is 11.5 Å². The molecule has 0 radical (unpaired) electrons. The molecule has 3 aromatic carbocycles. The summed E-state index contributed by atoms with van der Waals surface area (Å²) in [4.78, 5) is 15.5. The Morgan fingerprint density at radius 3 is 2.42 bits per heavy atom. The Kier molecular flexibility index (Phi) is 9.43. The fourth-order valence-corrected chi connectivity index (χ4v) is 4.57. The Hall–Kier alpha value is -3.78. The van der Waals surface area contributed by atoms with Crippen molar-refractivity contribution < 1.29 is 32.9 Å². The van der Waals surface area contributed by atoms with E-state index in [4.69, 9.17) is 23.7 Å². The Morgan fingerprint density at radius 2 is 1.76 bits per heavy atom. The molecule has 0 aliphatic carbocycles. The molecule has 38 heavy (non-hydrogen) atoms.